The topological polar surface area (TPSA) is 66.3 Å². The van der Waals surface area contributed by atoms with Crippen molar-refractivity contribution in [2.75, 3.05) is 13.1 Å². The molecule has 5 nitrogen and oxygen atoms in total. The molecule has 1 aromatic heterocycles. The van der Waals surface area contributed by atoms with Crippen LogP contribution in [0.25, 0.3) is 0 Å². The van der Waals surface area contributed by atoms with E-state index in [2.05, 4.69) is 14.9 Å². The maximum atomic E-state index is 12.0. The zero-order valence-corrected chi connectivity index (χ0v) is 13.3. The number of nitrogens with zero attached hydrogens (tertiary/aromatic N) is 3. The predicted octanol–water partition coefficient (Wildman–Crippen LogP) is 2.27. The van der Waals surface area contributed by atoms with Crippen LogP contribution in [0.5, 0.6) is 0 Å². The third kappa shape index (κ3) is 3.10. The minimum Gasteiger partial charge on any atom is -0.481 e. The molecular formula is C18H21N3O2. The quantitative estimate of drug-likeness (QED) is 0.917. The second kappa shape index (κ2) is 6.46. The molecule has 0 spiro atoms. The summed E-state index contributed by atoms with van der Waals surface area (Å²) >= 11 is 0. The van der Waals surface area contributed by atoms with Crippen molar-refractivity contribution in [3.8, 4) is 0 Å². The standard InChI is InChI=1S/C18H21N3O2/c1-2-16-19-10-14(11-20-16)12-21-9-8-18(13-21,17(22)23)15-6-4-3-5-7-15/h3-7,10-11H,2,8-9,12-13H2,1H3,(H,22,23)/t18-/m0/s1. The molecule has 1 fully saturated rings. The monoisotopic (exact) mass is 311 g/mol. The van der Waals surface area contributed by atoms with Crippen LogP contribution in [-0.2, 0) is 23.2 Å². The number of aromatic nitrogens is 2. The first-order chi connectivity index (χ1) is 11.1. The van der Waals surface area contributed by atoms with E-state index in [1.165, 1.54) is 0 Å². The van der Waals surface area contributed by atoms with E-state index < -0.39 is 11.4 Å². The molecule has 0 bridgehead atoms. The number of hydrogen-bond acceptors (Lipinski definition) is 4. The van der Waals surface area contributed by atoms with Crippen molar-refractivity contribution < 1.29 is 9.90 Å². The first kappa shape index (κ1) is 15.6. The molecule has 0 saturated carbocycles. The Morgan fingerprint density at radius 2 is 1.96 bits per heavy atom. The molecule has 0 radical (unpaired) electrons. The van der Waals surface area contributed by atoms with Gasteiger partial charge in [-0.2, -0.15) is 0 Å². The third-order valence-corrected chi connectivity index (χ3v) is 4.57. The summed E-state index contributed by atoms with van der Waals surface area (Å²) in [6.45, 7) is 3.99. The number of aryl methyl sites for hydroxylation is 1. The van der Waals surface area contributed by atoms with E-state index in [1.807, 2.05) is 49.6 Å². The highest BCUT2D eigenvalue weighted by Crippen LogP contribution is 2.35. The Balaban J connectivity index is 1.76. The second-order valence-electron chi connectivity index (χ2n) is 6.08. The fourth-order valence-corrected chi connectivity index (χ4v) is 3.22. The van der Waals surface area contributed by atoms with E-state index >= 15 is 0 Å². The molecule has 1 N–H and O–H groups in total. The van der Waals surface area contributed by atoms with Crippen LogP contribution in [-0.4, -0.2) is 39.0 Å². The largest absolute Gasteiger partial charge is 0.481 e. The number of benzene rings is 1. The number of carboxylic acids is 1. The summed E-state index contributed by atoms with van der Waals surface area (Å²) < 4.78 is 0. The minimum absolute atomic E-state index is 0.516. The Hall–Kier alpha value is -2.27. The van der Waals surface area contributed by atoms with Gasteiger partial charge in [-0.05, 0) is 12.0 Å². The lowest BCUT2D eigenvalue weighted by Gasteiger charge is -2.25. The molecule has 1 aliphatic heterocycles. The van der Waals surface area contributed by atoms with Crippen molar-refractivity contribution in [1.29, 1.82) is 0 Å². The molecule has 3 rings (SSSR count). The first-order valence-corrected chi connectivity index (χ1v) is 7.95. The number of carbonyl (C=O) groups is 1. The summed E-state index contributed by atoms with van der Waals surface area (Å²) in [6.07, 6.45) is 5.13. The van der Waals surface area contributed by atoms with E-state index in [9.17, 15) is 9.90 Å². The van der Waals surface area contributed by atoms with E-state index in [-0.39, 0.29) is 0 Å². The Morgan fingerprint density at radius 1 is 1.26 bits per heavy atom. The fraction of sp³-hybridized carbons (Fsp3) is 0.389. The van der Waals surface area contributed by atoms with E-state index in [1.54, 1.807) is 0 Å². The highest BCUT2D eigenvalue weighted by molar-refractivity contribution is 5.82. The Kier molecular flexibility index (Phi) is 4.39. The molecule has 0 amide bonds. The first-order valence-electron chi connectivity index (χ1n) is 7.95. The van der Waals surface area contributed by atoms with Crippen LogP contribution >= 0.6 is 0 Å². The smallest absolute Gasteiger partial charge is 0.315 e. The highest BCUT2D eigenvalue weighted by atomic mass is 16.4. The van der Waals surface area contributed by atoms with E-state index in [4.69, 9.17) is 0 Å². The van der Waals surface area contributed by atoms with Gasteiger partial charge in [0.2, 0.25) is 0 Å². The lowest BCUT2D eigenvalue weighted by molar-refractivity contribution is -0.143. The normalized spacial score (nSPS) is 21.4. The summed E-state index contributed by atoms with van der Waals surface area (Å²) in [7, 11) is 0. The summed E-state index contributed by atoms with van der Waals surface area (Å²) in [6, 6.07) is 9.55. The molecule has 0 unspecified atom stereocenters. The zero-order chi connectivity index (χ0) is 16.3. The van der Waals surface area contributed by atoms with Gasteiger partial charge in [0.15, 0.2) is 0 Å². The third-order valence-electron chi connectivity index (χ3n) is 4.57. The van der Waals surface area contributed by atoms with Gasteiger partial charge in [0.05, 0.1) is 0 Å². The lowest BCUT2D eigenvalue weighted by atomic mass is 9.80. The van der Waals surface area contributed by atoms with Gasteiger partial charge in [-0.15, -0.1) is 0 Å². The van der Waals surface area contributed by atoms with E-state index in [0.29, 0.717) is 19.5 Å². The molecule has 2 aromatic rings. The average molecular weight is 311 g/mol. The molecule has 1 saturated heterocycles. The maximum Gasteiger partial charge on any atom is 0.315 e. The number of carboxylic acid groups (broad SMARTS) is 1. The van der Waals surface area contributed by atoms with Crippen LogP contribution < -0.4 is 0 Å². The van der Waals surface area contributed by atoms with Crippen LogP contribution in [0.15, 0.2) is 42.7 Å². The minimum atomic E-state index is -0.814. The van der Waals surface area contributed by atoms with Crippen molar-refractivity contribution in [1.82, 2.24) is 14.9 Å². The summed E-state index contributed by atoms with van der Waals surface area (Å²) in [5.74, 6) is 0.0862. The summed E-state index contributed by atoms with van der Waals surface area (Å²) in [5.41, 5.74) is 1.09. The summed E-state index contributed by atoms with van der Waals surface area (Å²) in [5, 5.41) is 9.82. The highest BCUT2D eigenvalue weighted by Gasteiger charge is 2.46. The molecule has 1 aromatic carbocycles. The Bertz CT molecular complexity index is 672. The van der Waals surface area contributed by atoms with Crippen molar-refractivity contribution >= 4 is 5.97 Å². The number of rotatable bonds is 5. The average Bonchev–Trinajstić information content (AvgIpc) is 3.02. The maximum absolute atomic E-state index is 12.0. The van der Waals surface area contributed by atoms with Gasteiger partial charge in [0.1, 0.15) is 11.2 Å². The lowest BCUT2D eigenvalue weighted by Crippen LogP contribution is -2.38. The number of likely N-dealkylation sites (tertiary alicyclic amines) is 1. The molecule has 120 valence electrons. The van der Waals surface area contributed by atoms with Gasteiger partial charge in [0.25, 0.3) is 0 Å². The zero-order valence-electron chi connectivity index (χ0n) is 13.3. The molecular weight excluding hydrogens is 290 g/mol. The van der Waals surface area contributed by atoms with Gasteiger partial charge >= 0.3 is 5.97 Å². The SMILES string of the molecule is CCc1ncc(CN2CC[C@@](C(=O)O)(c3ccccc3)C2)cn1. The van der Waals surface area contributed by atoms with Crippen molar-refractivity contribution in [2.45, 2.75) is 31.7 Å². The molecule has 0 aliphatic carbocycles. The molecule has 2 heterocycles. The van der Waals surface area contributed by atoms with Crippen LogP contribution in [0.2, 0.25) is 0 Å². The predicted molar refractivity (Wildman–Crippen MR) is 87.1 cm³/mol. The summed E-state index contributed by atoms with van der Waals surface area (Å²) in [4.78, 5) is 22.8. The van der Waals surface area contributed by atoms with Gasteiger partial charge in [-0.3, -0.25) is 9.69 Å². The van der Waals surface area contributed by atoms with E-state index in [0.717, 1.165) is 29.9 Å². The Labute approximate surface area is 136 Å². The van der Waals surface area contributed by atoms with Gasteiger partial charge < -0.3 is 5.11 Å². The van der Waals surface area contributed by atoms with Gasteiger partial charge in [-0.25, -0.2) is 9.97 Å². The van der Waals surface area contributed by atoms with Crippen LogP contribution in [0.1, 0.15) is 30.3 Å². The Morgan fingerprint density at radius 3 is 2.57 bits per heavy atom. The molecule has 1 aliphatic rings. The molecule has 23 heavy (non-hydrogen) atoms. The second-order valence-corrected chi connectivity index (χ2v) is 6.08. The van der Waals surface area contributed by atoms with Crippen LogP contribution in [0.3, 0.4) is 0 Å². The van der Waals surface area contributed by atoms with Crippen molar-refractivity contribution in [2.24, 2.45) is 0 Å². The van der Waals surface area contributed by atoms with Crippen molar-refractivity contribution in [3.63, 3.8) is 0 Å². The van der Waals surface area contributed by atoms with Crippen LogP contribution in [0.4, 0.5) is 0 Å². The van der Waals surface area contributed by atoms with Crippen LogP contribution in [0, 0.1) is 0 Å². The molecule has 5 heteroatoms. The van der Waals surface area contributed by atoms with Crippen molar-refractivity contribution in [3.05, 3.63) is 59.7 Å². The fourth-order valence-electron chi connectivity index (χ4n) is 3.22. The number of hydrogen-bond donors (Lipinski definition) is 1. The number of aliphatic carboxylic acids is 1. The van der Waals surface area contributed by atoms with Gasteiger partial charge in [0, 0.05) is 44.0 Å². The van der Waals surface area contributed by atoms with Gasteiger partial charge in [-0.1, -0.05) is 37.3 Å². The molecule has 1 atom stereocenters.